The van der Waals surface area contributed by atoms with E-state index in [1.165, 1.54) is 38.5 Å². The van der Waals surface area contributed by atoms with Crippen molar-refractivity contribution in [1.82, 2.24) is 5.32 Å². The molecule has 0 aromatic carbocycles. The van der Waals surface area contributed by atoms with Crippen LogP contribution in [0.1, 0.15) is 109 Å². The minimum Gasteiger partial charge on any atom is -0.481 e. The van der Waals surface area contributed by atoms with Gasteiger partial charge >= 0.3 is 5.97 Å². The summed E-state index contributed by atoms with van der Waals surface area (Å²) in [6.07, 6.45) is 17.6. The van der Waals surface area contributed by atoms with Crippen molar-refractivity contribution in [1.29, 1.82) is 0 Å². The number of amides is 1. The molecule has 0 saturated heterocycles. The van der Waals surface area contributed by atoms with Crippen LogP contribution in [-0.4, -0.2) is 35.9 Å². The summed E-state index contributed by atoms with van der Waals surface area (Å²) in [6, 6.07) is -0.365. The zero-order valence-corrected chi connectivity index (χ0v) is 17.6. The SMILES string of the molecule is NCCCC[C@@H](C=O)NC(=O)CCCCCCCCCCCCCCC(=O)O. The van der Waals surface area contributed by atoms with Gasteiger partial charge in [0.1, 0.15) is 6.29 Å². The van der Waals surface area contributed by atoms with Gasteiger partial charge in [-0.2, -0.15) is 0 Å². The van der Waals surface area contributed by atoms with Gasteiger partial charge in [0.15, 0.2) is 0 Å². The minimum atomic E-state index is -0.691. The fraction of sp³-hybridized carbons (Fsp3) is 0.864. The lowest BCUT2D eigenvalue weighted by Crippen LogP contribution is -2.35. The number of rotatable bonds is 21. The Balaban J connectivity index is 3.34. The maximum absolute atomic E-state index is 11.9. The largest absolute Gasteiger partial charge is 0.481 e. The second kappa shape index (κ2) is 20.3. The van der Waals surface area contributed by atoms with E-state index in [2.05, 4.69) is 5.32 Å². The van der Waals surface area contributed by atoms with Crippen LogP contribution in [0.5, 0.6) is 0 Å². The Labute approximate surface area is 171 Å². The van der Waals surface area contributed by atoms with Crippen molar-refractivity contribution in [3.8, 4) is 0 Å². The number of nitrogens with one attached hydrogen (secondary N) is 1. The van der Waals surface area contributed by atoms with E-state index >= 15 is 0 Å². The third kappa shape index (κ3) is 19.3. The Morgan fingerprint density at radius 3 is 1.64 bits per heavy atom. The molecular weight excluding hydrogens is 356 g/mol. The van der Waals surface area contributed by atoms with Crippen LogP contribution in [0.4, 0.5) is 0 Å². The fourth-order valence-electron chi connectivity index (χ4n) is 3.29. The normalized spacial score (nSPS) is 11.9. The fourth-order valence-corrected chi connectivity index (χ4v) is 3.29. The summed E-state index contributed by atoms with van der Waals surface area (Å²) in [5.41, 5.74) is 5.44. The molecule has 0 aromatic rings. The quantitative estimate of drug-likeness (QED) is 0.197. The maximum atomic E-state index is 11.9. The number of carbonyl (C=O) groups excluding carboxylic acids is 2. The smallest absolute Gasteiger partial charge is 0.303 e. The molecule has 0 aliphatic rings. The van der Waals surface area contributed by atoms with Crippen LogP contribution in [0.2, 0.25) is 0 Å². The van der Waals surface area contributed by atoms with E-state index in [0.29, 0.717) is 25.8 Å². The van der Waals surface area contributed by atoms with Crippen molar-refractivity contribution < 1.29 is 19.5 Å². The number of nitrogens with two attached hydrogens (primary N) is 1. The van der Waals surface area contributed by atoms with Gasteiger partial charge in [-0.05, 0) is 38.6 Å². The predicted molar refractivity (Wildman–Crippen MR) is 113 cm³/mol. The van der Waals surface area contributed by atoms with Gasteiger partial charge in [-0.25, -0.2) is 0 Å². The molecule has 0 heterocycles. The summed E-state index contributed by atoms with van der Waals surface area (Å²) in [5, 5.41) is 11.4. The summed E-state index contributed by atoms with van der Waals surface area (Å²) in [7, 11) is 0. The van der Waals surface area contributed by atoms with Crippen molar-refractivity contribution in [2.24, 2.45) is 5.73 Å². The lowest BCUT2D eigenvalue weighted by molar-refractivity contribution is -0.137. The third-order valence-corrected chi connectivity index (χ3v) is 5.02. The Hall–Kier alpha value is -1.43. The van der Waals surface area contributed by atoms with E-state index in [0.717, 1.165) is 57.7 Å². The van der Waals surface area contributed by atoms with Crippen LogP contribution in [0.15, 0.2) is 0 Å². The number of carboxylic acids is 1. The Morgan fingerprint density at radius 2 is 1.21 bits per heavy atom. The van der Waals surface area contributed by atoms with E-state index < -0.39 is 5.97 Å². The molecule has 0 fully saturated rings. The van der Waals surface area contributed by atoms with E-state index in [-0.39, 0.29) is 11.9 Å². The standard InChI is InChI=1S/C22H42N2O4/c23-18-14-13-15-20(19-25)24-21(26)16-11-9-7-5-3-1-2-4-6-8-10-12-17-22(27)28/h19-20H,1-18,23H2,(H,24,26)(H,27,28)/t20-/m0/s1. The molecule has 0 aromatic heterocycles. The zero-order valence-electron chi connectivity index (χ0n) is 17.6. The summed E-state index contributed by atoms with van der Waals surface area (Å²) < 4.78 is 0. The number of carbonyl (C=O) groups is 3. The molecule has 0 rings (SSSR count). The molecule has 0 spiro atoms. The summed E-state index contributed by atoms with van der Waals surface area (Å²) >= 11 is 0. The van der Waals surface area contributed by atoms with E-state index in [4.69, 9.17) is 10.8 Å². The highest BCUT2D eigenvalue weighted by Crippen LogP contribution is 2.13. The first-order valence-electron chi connectivity index (χ1n) is 11.3. The molecule has 0 bridgehead atoms. The second-order valence-corrected chi connectivity index (χ2v) is 7.73. The highest BCUT2D eigenvalue weighted by molar-refractivity contribution is 5.79. The van der Waals surface area contributed by atoms with Gasteiger partial charge < -0.3 is 21.0 Å². The number of unbranched alkanes of at least 4 members (excludes halogenated alkanes) is 12. The predicted octanol–water partition coefficient (Wildman–Crippen LogP) is 4.35. The van der Waals surface area contributed by atoms with Crippen LogP contribution in [0.25, 0.3) is 0 Å². The molecule has 4 N–H and O–H groups in total. The number of hydrogen-bond donors (Lipinski definition) is 3. The molecule has 0 aliphatic carbocycles. The van der Waals surface area contributed by atoms with Gasteiger partial charge in [0.2, 0.25) is 5.91 Å². The molecule has 6 heteroatoms. The van der Waals surface area contributed by atoms with Crippen LogP contribution in [0, 0.1) is 0 Å². The summed E-state index contributed by atoms with van der Waals surface area (Å²) in [5.74, 6) is -0.711. The second-order valence-electron chi connectivity index (χ2n) is 7.73. The third-order valence-electron chi connectivity index (χ3n) is 5.02. The molecule has 164 valence electrons. The number of aliphatic carboxylic acids is 1. The molecular formula is C22H42N2O4. The first kappa shape index (κ1) is 26.6. The van der Waals surface area contributed by atoms with E-state index in [1.54, 1.807) is 0 Å². The Morgan fingerprint density at radius 1 is 0.750 bits per heavy atom. The Bertz CT molecular complexity index is 402. The summed E-state index contributed by atoms with van der Waals surface area (Å²) in [6.45, 7) is 0.619. The van der Waals surface area contributed by atoms with Crippen molar-refractivity contribution in [3.05, 3.63) is 0 Å². The molecule has 0 unspecified atom stereocenters. The molecule has 0 saturated carbocycles. The van der Waals surface area contributed by atoms with E-state index in [9.17, 15) is 14.4 Å². The van der Waals surface area contributed by atoms with Crippen molar-refractivity contribution in [3.63, 3.8) is 0 Å². The average molecular weight is 399 g/mol. The first-order chi connectivity index (χ1) is 13.6. The lowest BCUT2D eigenvalue weighted by Gasteiger charge is -2.12. The molecule has 1 atom stereocenters. The van der Waals surface area contributed by atoms with Gasteiger partial charge in [0.05, 0.1) is 6.04 Å². The lowest BCUT2D eigenvalue weighted by atomic mass is 10.0. The van der Waals surface area contributed by atoms with Gasteiger partial charge in [0.25, 0.3) is 0 Å². The van der Waals surface area contributed by atoms with Crippen molar-refractivity contribution in [2.45, 2.75) is 115 Å². The van der Waals surface area contributed by atoms with Crippen LogP contribution >= 0.6 is 0 Å². The number of hydrogen-bond acceptors (Lipinski definition) is 4. The number of carboxylic acid groups (broad SMARTS) is 1. The molecule has 0 aliphatic heterocycles. The maximum Gasteiger partial charge on any atom is 0.303 e. The molecule has 1 amide bonds. The van der Waals surface area contributed by atoms with Gasteiger partial charge in [-0.3, -0.25) is 9.59 Å². The highest BCUT2D eigenvalue weighted by Gasteiger charge is 2.10. The van der Waals surface area contributed by atoms with Crippen LogP contribution in [-0.2, 0) is 14.4 Å². The first-order valence-corrected chi connectivity index (χ1v) is 11.3. The summed E-state index contributed by atoms with van der Waals surface area (Å²) in [4.78, 5) is 33.2. The molecule has 28 heavy (non-hydrogen) atoms. The molecule has 0 radical (unpaired) electrons. The molecule has 6 nitrogen and oxygen atoms in total. The topological polar surface area (TPSA) is 109 Å². The Kier molecular flexibility index (Phi) is 19.3. The number of aldehydes is 1. The van der Waals surface area contributed by atoms with E-state index in [1.807, 2.05) is 0 Å². The van der Waals surface area contributed by atoms with Crippen molar-refractivity contribution in [2.75, 3.05) is 6.54 Å². The van der Waals surface area contributed by atoms with Gasteiger partial charge in [0, 0.05) is 12.8 Å². The van der Waals surface area contributed by atoms with Gasteiger partial charge in [-0.1, -0.05) is 64.2 Å². The highest BCUT2D eigenvalue weighted by atomic mass is 16.4. The van der Waals surface area contributed by atoms with Crippen LogP contribution in [0.3, 0.4) is 0 Å². The van der Waals surface area contributed by atoms with Crippen LogP contribution < -0.4 is 11.1 Å². The van der Waals surface area contributed by atoms with Gasteiger partial charge in [-0.15, -0.1) is 0 Å². The van der Waals surface area contributed by atoms with Crippen molar-refractivity contribution >= 4 is 18.2 Å². The minimum absolute atomic E-state index is 0.0202. The monoisotopic (exact) mass is 398 g/mol. The average Bonchev–Trinajstić information content (AvgIpc) is 2.67. The zero-order chi connectivity index (χ0) is 20.9.